The van der Waals surface area contributed by atoms with E-state index in [-0.39, 0.29) is 10.6 Å². The average Bonchev–Trinajstić information content (AvgIpc) is 2.81. The number of nitrogens with zero attached hydrogens (tertiary/aromatic N) is 4. The van der Waals surface area contributed by atoms with Gasteiger partial charge in [0.25, 0.3) is 15.7 Å². The highest BCUT2D eigenvalue weighted by atomic mass is 32.2. The summed E-state index contributed by atoms with van der Waals surface area (Å²) in [6.45, 7) is 2.90. The topological polar surface area (TPSA) is 140 Å². The Balaban J connectivity index is 1.44. The Morgan fingerprint density at radius 3 is 2.47 bits per heavy atom. The molecule has 32 heavy (non-hydrogen) atoms. The number of sulfonamides is 1. The van der Waals surface area contributed by atoms with Crippen molar-refractivity contribution in [3.8, 4) is 0 Å². The maximum Gasteiger partial charge on any atom is 0.270 e. The zero-order chi connectivity index (χ0) is 22.6. The van der Waals surface area contributed by atoms with Crippen molar-refractivity contribution in [3.63, 3.8) is 0 Å². The number of benzene rings is 2. The van der Waals surface area contributed by atoms with Crippen LogP contribution in [0.1, 0.15) is 0 Å². The fraction of sp³-hybridized carbons (Fsp3) is 0.200. The van der Waals surface area contributed by atoms with Crippen molar-refractivity contribution in [2.24, 2.45) is 0 Å². The Hall–Kier alpha value is -3.77. The summed E-state index contributed by atoms with van der Waals surface area (Å²) < 4.78 is 32.9. The minimum absolute atomic E-state index is 0.191. The third-order valence-electron chi connectivity index (χ3n) is 4.76. The van der Waals surface area contributed by atoms with Gasteiger partial charge < -0.3 is 15.0 Å². The number of ether oxygens (including phenoxy) is 1. The fourth-order valence-electron chi connectivity index (χ4n) is 3.16. The standard InChI is InChI=1S/C20H20N6O5S/c27-26(28)17-2-1-3-19(12-17)32(29,30)24-16-6-4-15(5-7-16)22-20-13-18(14-21-23-20)25-8-10-31-11-9-25/h1-7,12-14,24H,8-11H2,(H,22,23). The van der Waals surface area contributed by atoms with Crippen molar-refractivity contribution in [1.29, 1.82) is 0 Å². The molecule has 4 rings (SSSR count). The van der Waals surface area contributed by atoms with Gasteiger partial charge >= 0.3 is 0 Å². The third-order valence-corrected chi connectivity index (χ3v) is 6.14. The highest BCUT2D eigenvalue weighted by Gasteiger charge is 2.18. The number of nitrogens with one attached hydrogen (secondary N) is 2. The van der Waals surface area contributed by atoms with Crippen LogP contribution in [0.3, 0.4) is 0 Å². The summed E-state index contributed by atoms with van der Waals surface area (Å²) in [5.74, 6) is 0.555. The molecule has 1 aliphatic rings. The monoisotopic (exact) mass is 456 g/mol. The molecule has 0 aliphatic carbocycles. The van der Waals surface area contributed by atoms with E-state index in [2.05, 4.69) is 25.1 Å². The van der Waals surface area contributed by atoms with Crippen LogP contribution in [0.5, 0.6) is 0 Å². The molecule has 0 bridgehead atoms. The van der Waals surface area contributed by atoms with E-state index in [1.807, 2.05) is 6.07 Å². The molecule has 0 unspecified atom stereocenters. The van der Waals surface area contributed by atoms with Gasteiger partial charge in [0.1, 0.15) is 0 Å². The zero-order valence-electron chi connectivity index (χ0n) is 16.8. The van der Waals surface area contributed by atoms with Gasteiger partial charge in [0.05, 0.1) is 34.9 Å². The molecule has 3 aromatic rings. The van der Waals surface area contributed by atoms with Gasteiger partial charge in [0, 0.05) is 42.7 Å². The van der Waals surface area contributed by atoms with E-state index in [1.165, 1.54) is 18.2 Å². The van der Waals surface area contributed by atoms with Gasteiger partial charge in [-0.3, -0.25) is 14.8 Å². The molecule has 2 aromatic carbocycles. The molecule has 1 fully saturated rings. The van der Waals surface area contributed by atoms with Crippen LogP contribution in [0.25, 0.3) is 0 Å². The lowest BCUT2D eigenvalue weighted by Gasteiger charge is -2.28. The van der Waals surface area contributed by atoms with Crippen LogP contribution in [0.4, 0.5) is 28.6 Å². The van der Waals surface area contributed by atoms with E-state index in [0.717, 1.165) is 24.8 Å². The average molecular weight is 456 g/mol. The number of anilines is 4. The van der Waals surface area contributed by atoms with Crippen molar-refractivity contribution in [2.75, 3.05) is 41.2 Å². The molecule has 0 atom stereocenters. The summed E-state index contributed by atoms with van der Waals surface area (Å²) in [6, 6.07) is 13.3. The second kappa shape index (κ2) is 9.16. The minimum atomic E-state index is -3.97. The number of nitro groups is 1. The summed E-state index contributed by atoms with van der Waals surface area (Å²) in [6.07, 6.45) is 1.70. The fourth-order valence-corrected chi connectivity index (χ4v) is 4.26. The van der Waals surface area contributed by atoms with Gasteiger partial charge in [0.15, 0.2) is 5.82 Å². The molecule has 1 saturated heterocycles. The van der Waals surface area contributed by atoms with Crippen LogP contribution in [-0.2, 0) is 14.8 Å². The number of rotatable bonds is 7. The first-order chi connectivity index (χ1) is 15.4. The Morgan fingerprint density at radius 2 is 1.75 bits per heavy atom. The minimum Gasteiger partial charge on any atom is -0.378 e. The first kappa shape index (κ1) is 21.5. The first-order valence-corrected chi connectivity index (χ1v) is 11.2. The third kappa shape index (κ3) is 5.10. The maximum atomic E-state index is 12.6. The van der Waals surface area contributed by atoms with Gasteiger partial charge in [-0.25, -0.2) is 8.42 Å². The molecule has 1 aliphatic heterocycles. The number of non-ortho nitro benzene ring substituents is 1. The number of morpholine rings is 1. The van der Waals surface area contributed by atoms with Crippen LogP contribution >= 0.6 is 0 Å². The Labute approximate surface area is 184 Å². The van der Waals surface area contributed by atoms with Crippen molar-refractivity contribution >= 4 is 38.6 Å². The number of hydrogen-bond donors (Lipinski definition) is 2. The predicted molar refractivity (Wildman–Crippen MR) is 119 cm³/mol. The van der Waals surface area contributed by atoms with Crippen LogP contribution in [0.2, 0.25) is 0 Å². The molecule has 0 amide bonds. The molecule has 1 aromatic heterocycles. The Bertz CT molecular complexity index is 1210. The molecule has 2 N–H and O–H groups in total. The summed E-state index contributed by atoms with van der Waals surface area (Å²) in [5.41, 5.74) is 1.65. The van der Waals surface area contributed by atoms with Crippen molar-refractivity contribution < 1.29 is 18.1 Å². The van der Waals surface area contributed by atoms with Crippen molar-refractivity contribution in [3.05, 3.63) is 70.9 Å². The number of aromatic nitrogens is 2. The quantitative estimate of drug-likeness (QED) is 0.406. The Morgan fingerprint density at radius 1 is 1.03 bits per heavy atom. The van der Waals surface area contributed by atoms with E-state index in [4.69, 9.17) is 4.74 Å². The molecular weight excluding hydrogens is 436 g/mol. The number of nitro benzene ring substituents is 1. The second-order valence-corrected chi connectivity index (χ2v) is 8.64. The molecule has 0 spiro atoms. The molecule has 0 radical (unpaired) electrons. The summed E-state index contributed by atoms with van der Waals surface area (Å²) in [5, 5.41) is 22.2. The predicted octanol–water partition coefficient (Wildman–Crippen LogP) is 2.77. The summed E-state index contributed by atoms with van der Waals surface area (Å²) in [4.78, 5) is 12.2. The van der Waals surface area contributed by atoms with Gasteiger partial charge in [-0.2, -0.15) is 5.10 Å². The van der Waals surface area contributed by atoms with Crippen LogP contribution in [0.15, 0.2) is 65.7 Å². The van der Waals surface area contributed by atoms with E-state index in [9.17, 15) is 18.5 Å². The zero-order valence-corrected chi connectivity index (χ0v) is 17.7. The molecule has 2 heterocycles. The van der Waals surface area contributed by atoms with E-state index >= 15 is 0 Å². The van der Waals surface area contributed by atoms with E-state index < -0.39 is 14.9 Å². The van der Waals surface area contributed by atoms with Gasteiger partial charge in [-0.05, 0) is 30.3 Å². The lowest BCUT2D eigenvalue weighted by atomic mass is 10.3. The number of hydrogen-bond acceptors (Lipinski definition) is 9. The molecule has 0 saturated carbocycles. The van der Waals surface area contributed by atoms with Crippen LogP contribution in [-0.4, -0.2) is 49.8 Å². The lowest BCUT2D eigenvalue weighted by molar-refractivity contribution is -0.385. The van der Waals surface area contributed by atoms with Gasteiger partial charge in [-0.1, -0.05) is 6.07 Å². The highest BCUT2D eigenvalue weighted by molar-refractivity contribution is 7.92. The normalized spacial score (nSPS) is 14.1. The van der Waals surface area contributed by atoms with E-state index in [0.29, 0.717) is 30.4 Å². The van der Waals surface area contributed by atoms with Crippen molar-refractivity contribution in [2.45, 2.75) is 4.90 Å². The molecule has 11 nitrogen and oxygen atoms in total. The summed E-state index contributed by atoms with van der Waals surface area (Å²) >= 11 is 0. The SMILES string of the molecule is O=[N+]([O-])c1cccc(S(=O)(=O)Nc2ccc(Nc3cc(N4CCOCC4)cnn3)cc2)c1. The van der Waals surface area contributed by atoms with Crippen LogP contribution in [0, 0.1) is 10.1 Å². The van der Waals surface area contributed by atoms with E-state index in [1.54, 1.807) is 30.5 Å². The Kier molecular flexibility index (Phi) is 6.14. The summed E-state index contributed by atoms with van der Waals surface area (Å²) in [7, 11) is -3.97. The van der Waals surface area contributed by atoms with Crippen LogP contribution < -0.4 is 14.9 Å². The largest absolute Gasteiger partial charge is 0.378 e. The lowest BCUT2D eigenvalue weighted by Crippen LogP contribution is -2.36. The van der Waals surface area contributed by atoms with Crippen molar-refractivity contribution in [1.82, 2.24) is 10.2 Å². The smallest absolute Gasteiger partial charge is 0.270 e. The molecule has 166 valence electrons. The highest BCUT2D eigenvalue weighted by Crippen LogP contribution is 2.24. The van der Waals surface area contributed by atoms with Gasteiger partial charge in [-0.15, -0.1) is 5.10 Å². The second-order valence-electron chi connectivity index (χ2n) is 6.96. The first-order valence-electron chi connectivity index (χ1n) is 9.70. The maximum absolute atomic E-state index is 12.6. The van der Waals surface area contributed by atoms with Gasteiger partial charge in [0.2, 0.25) is 0 Å². The molecular formula is C20H20N6O5S. The molecule has 12 heteroatoms.